The van der Waals surface area contributed by atoms with Crippen LogP contribution in [-0.4, -0.2) is 45.4 Å². The van der Waals surface area contributed by atoms with Crippen LogP contribution in [0.1, 0.15) is 43.2 Å². The van der Waals surface area contributed by atoms with Crippen LogP contribution in [0.25, 0.3) is 0 Å². The number of aryl methyl sites for hydroxylation is 2. The number of nitrogens with one attached hydrogen (secondary N) is 1. The van der Waals surface area contributed by atoms with Gasteiger partial charge in [-0.2, -0.15) is 4.31 Å². The van der Waals surface area contributed by atoms with E-state index >= 15 is 0 Å². The Labute approximate surface area is 190 Å². The molecule has 0 aliphatic heterocycles. The third-order valence-corrected chi connectivity index (χ3v) is 7.80. The van der Waals surface area contributed by atoms with Crippen LogP contribution in [0.5, 0.6) is 11.5 Å². The van der Waals surface area contributed by atoms with Crippen LogP contribution < -0.4 is 14.8 Å². The number of methoxy groups -OCH3 is 2. The smallest absolute Gasteiger partial charge is 0.243 e. The quantitative estimate of drug-likeness (QED) is 0.635. The van der Waals surface area contributed by atoms with Crippen molar-refractivity contribution in [3.05, 3.63) is 47.5 Å². The second-order valence-corrected chi connectivity index (χ2v) is 10.1. The van der Waals surface area contributed by atoms with E-state index < -0.39 is 10.0 Å². The lowest BCUT2D eigenvalue weighted by atomic mass is 9.95. The van der Waals surface area contributed by atoms with Crippen molar-refractivity contribution in [1.82, 2.24) is 4.31 Å². The van der Waals surface area contributed by atoms with E-state index in [-0.39, 0.29) is 23.4 Å². The van der Waals surface area contributed by atoms with Crippen molar-refractivity contribution >= 4 is 21.6 Å². The van der Waals surface area contributed by atoms with Gasteiger partial charge in [-0.15, -0.1) is 0 Å². The van der Waals surface area contributed by atoms with Crippen LogP contribution in [-0.2, 0) is 14.8 Å². The maximum Gasteiger partial charge on any atom is 0.243 e. The molecule has 8 heteroatoms. The van der Waals surface area contributed by atoms with Gasteiger partial charge in [0.05, 0.1) is 25.7 Å². The van der Waals surface area contributed by atoms with Crippen LogP contribution in [0.4, 0.5) is 5.69 Å². The summed E-state index contributed by atoms with van der Waals surface area (Å²) in [6.07, 6.45) is 4.45. The number of carbonyl (C=O) groups excluding carboxylic acids is 1. The van der Waals surface area contributed by atoms with Crippen molar-refractivity contribution in [2.24, 2.45) is 0 Å². The Bertz CT molecular complexity index is 1060. The highest BCUT2D eigenvalue weighted by molar-refractivity contribution is 7.89. The summed E-state index contributed by atoms with van der Waals surface area (Å²) in [6.45, 7) is 3.62. The summed E-state index contributed by atoms with van der Waals surface area (Å²) in [4.78, 5) is 13.1. The Morgan fingerprint density at radius 3 is 2.34 bits per heavy atom. The minimum atomic E-state index is -3.93. The lowest BCUT2D eigenvalue weighted by Crippen LogP contribution is -2.45. The standard InChI is InChI=1S/C24H32N2O5S/c1-17-10-11-18(2)21(14-17)25-24(27)16-26(19-8-6-5-7-9-19)32(28,29)20-12-13-22(30-3)23(15-20)31-4/h10-15,19H,5-9,16H2,1-4H3,(H,25,27). The Morgan fingerprint density at radius 1 is 1.00 bits per heavy atom. The Balaban J connectivity index is 1.91. The first kappa shape index (κ1) is 24.1. The predicted molar refractivity (Wildman–Crippen MR) is 125 cm³/mol. The summed E-state index contributed by atoms with van der Waals surface area (Å²) in [5.41, 5.74) is 2.64. The average molecular weight is 461 g/mol. The second kappa shape index (κ2) is 10.4. The normalized spacial score (nSPS) is 14.9. The van der Waals surface area contributed by atoms with Crippen molar-refractivity contribution in [2.75, 3.05) is 26.1 Å². The molecule has 0 bridgehead atoms. The molecule has 0 heterocycles. The number of benzene rings is 2. The van der Waals surface area contributed by atoms with Gasteiger partial charge in [0.15, 0.2) is 11.5 Å². The van der Waals surface area contributed by atoms with Crippen molar-refractivity contribution < 1.29 is 22.7 Å². The van der Waals surface area contributed by atoms with Crippen LogP contribution in [0, 0.1) is 13.8 Å². The lowest BCUT2D eigenvalue weighted by molar-refractivity contribution is -0.116. The number of amides is 1. The lowest BCUT2D eigenvalue weighted by Gasteiger charge is -2.33. The van der Waals surface area contributed by atoms with E-state index in [1.54, 1.807) is 6.07 Å². The first-order valence-electron chi connectivity index (χ1n) is 10.9. The average Bonchev–Trinajstić information content (AvgIpc) is 2.79. The summed E-state index contributed by atoms with van der Waals surface area (Å²) in [5.74, 6) is 0.425. The molecular formula is C24H32N2O5S. The van der Waals surface area contributed by atoms with Gasteiger partial charge in [0, 0.05) is 17.8 Å². The van der Waals surface area contributed by atoms with Gasteiger partial charge in [-0.3, -0.25) is 4.79 Å². The van der Waals surface area contributed by atoms with Gasteiger partial charge in [0.1, 0.15) is 0 Å². The molecular weight excluding hydrogens is 428 g/mol. The maximum atomic E-state index is 13.7. The molecule has 1 fully saturated rings. The molecule has 0 unspecified atom stereocenters. The first-order valence-corrected chi connectivity index (χ1v) is 12.3. The van der Waals surface area contributed by atoms with Gasteiger partial charge in [-0.05, 0) is 56.0 Å². The summed E-state index contributed by atoms with van der Waals surface area (Å²) in [6, 6.07) is 10.1. The largest absolute Gasteiger partial charge is 0.493 e. The summed E-state index contributed by atoms with van der Waals surface area (Å²) in [5, 5.41) is 2.90. The Hall–Kier alpha value is -2.58. The highest BCUT2D eigenvalue weighted by atomic mass is 32.2. The molecule has 1 saturated carbocycles. The second-order valence-electron chi connectivity index (χ2n) is 8.23. The molecule has 32 heavy (non-hydrogen) atoms. The van der Waals surface area contributed by atoms with Crippen LogP contribution >= 0.6 is 0 Å². The zero-order valence-electron chi connectivity index (χ0n) is 19.2. The molecule has 0 spiro atoms. The monoisotopic (exact) mass is 460 g/mol. The number of ether oxygens (including phenoxy) is 2. The highest BCUT2D eigenvalue weighted by Crippen LogP contribution is 2.33. The topological polar surface area (TPSA) is 84.9 Å². The van der Waals surface area contributed by atoms with E-state index in [0.717, 1.165) is 43.2 Å². The molecule has 2 aromatic carbocycles. The van der Waals surface area contributed by atoms with Gasteiger partial charge >= 0.3 is 0 Å². The van der Waals surface area contributed by atoms with Gasteiger partial charge in [0.2, 0.25) is 15.9 Å². The zero-order chi connectivity index (χ0) is 23.3. The van der Waals surface area contributed by atoms with E-state index in [4.69, 9.17) is 9.47 Å². The van der Waals surface area contributed by atoms with Crippen LogP contribution in [0.3, 0.4) is 0 Å². The number of carbonyl (C=O) groups is 1. The van der Waals surface area contributed by atoms with Gasteiger partial charge in [-0.25, -0.2) is 8.42 Å². The number of hydrogen-bond donors (Lipinski definition) is 1. The third kappa shape index (κ3) is 5.42. The van der Waals surface area contributed by atoms with Gasteiger partial charge in [-0.1, -0.05) is 31.4 Å². The molecule has 1 amide bonds. The molecule has 1 aliphatic rings. The number of anilines is 1. The summed E-state index contributed by atoms with van der Waals surface area (Å²) >= 11 is 0. The fourth-order valence-corrected chi connectivity index (χ4v) is 5.75. The van der Waals surface area contributed by atoms with Gasteiger partial charge in [0.25, 0.3) is 0 Å². The SMILES string of the molecule is COc1ccc(S(=O)(=O)N(CC(=O)Nc2cc(C)ccc2C)C2CCCCC2)cc1OC. The van der Waals surface area contributed by atoms with E-state index in [0.29, 0.717) is 17.2 Å². The fourth-order valence-electron chi connectivity index (χ4n) is 4.09. The number of rotatable bonds is 8. The summed E-state index contributed by atoms with van der Waals surface area (Å²) < 4.78 is 39.2. The van der Waals surface area contributed by atoms with Crippen molar-refractivity contribution in [2.45, 2.75) is 56.9 Å². The minimum Gasteiger partial charge on any atom is -0.493 e. The number of sulfonamides is 1. The molecule has 0 atom stereocenters. The third-order valence-electron chi connectivity index (χ3n) is 5.91. The molecule has 2 aromatic rings. The van der Waals surface area contributed by atoms with E-state index in [1.807, 2.05) is 32.0 Å². The van der Waals surface area contributed by atoms with Gasteiger partial charge < -0.3 is 14.8 Å². The van der Waals surface area contributed by atoms with Crippen molar-refractivity contribution in [3.63, 3.8) is 0 Å². The van der Waals surface area contributed by atoms with Crippen LogP contribution in [0.15, 0.2) is 41.3 Å². The Morgan fingerprint density at radius 2 is 1.69 bits per heavy atom. The molecule has 0 saturated heterocycles. The maximum absolute atomic E-state index is 13.7. The molecule has 7 nitrogen and oxygen atoms in total. The number of nitrogens with zero attached hydrogens (tertiary/aromatic N) is 1. The molecule has 174 valence electrons. The zero-order valence-corrected chi connectivity index (χ0v) is 20.0. The van der Waals surface area contributed by atoms with Crippen molar-refractivity contribution in [3.8, 4) is 11.5 Å². The van der Waals surface area contributed by atoms with E-state index in [1.165, 1.54) is 30.7 Å². The predicted octanol–water partition coefficient (Wildman–Crippen LogP) is 4.28. The molecule has 0 radical (unpaired) electrons. The van der Waals surface area contributed by atoms with E-state index in [2.05, 4.69) is 5.32 Å². The molecule has 0 aromatic heterocycles. The fraction of sp³-hybridized carbons (Fsp3) is 0.458. The molecule has 1 N–H and O–H groups in total. The summed E-state index contributed by atoms with van der Waals surface area (Å²) in [7, 11) is -0.966. The van der Waals surface area contributed by atoms with Crippen molar-refractivity contribution in [1.29, 1.82) is 0 Å². The molecule has 1 aliphatic carbocycles. The first-order chi connectivity index (χ1) is 15.3. The van der Waals surface area contributed by atoms with Crippen LogP contribution in [0.2, 0.25) is 0 Å². The number of hydrogen-bond acceptors (Lipinski definition) is 5. The Kier molecular flexibility index (Phi) is 7.79. The molecule has 3 rings (SSSR count). The minimum absolute atomic E-state index is 0.0836. The van der Waals surface area contributed by atoms with E-state index in [9.17, 15) is 13.2 Å². The highest BCUT2D eigenvalue weighted by Gasteiger charge is 2.34.